The van der Waals surface area contributed by atoms with E-state index < -0.39 is 5.82 Å². The van der Waals surface area contributed by atoms with Crippen LogP contribution in [0.1, 0.15) is 23.2 Å². The van der Waals surface area contributed by atoms with E-state index in [0.29, 0.717) is 5.56 Å². The molecule has 0 radical (unpaired) electrons. The van der Waals surface area contributed by atoms with Gasteiger partial charge >= 0.3 is 0 Å². The molecule has 0 spiro atoms. The summed E-state index contributed by atoms with van der Waals surface area (Å²) in [4.78, 5) is 12.2. The smallest absolute Gasteiger partial charge is 0.254 e. The van der Waals surface area contributed by atoms with Gasteiger partial charge in [0, 0.05) is 31.4 Å². The number of carbonyl (C=O) groups is 1. The molecule has 2 aromatic rings. The van der Waals surface area contributed by atoms with E-state index in [1.807, 2.05) is 6.07 Å². The van der Waals surface area contributed by atoms with Crippen LogP contribution in [0.25, 0.3) is 11.3 Å². The third kappa shape index (κ3) is 3.01. The van der Waals surface area contributed by atoms with Crippen LogP contribution in [0.15, 0.2) is 30.5 Å². The van der Waals surface area contributed by atoms with Crippen molar-refractivity contribution >= 4 is 5.91 Å². The minimum absolute atomic E-state index is 0.0670. The quantitative estimate of drug-likeness (QED) is 0.907. The van der Waals surface area contributed by atoms with Gasteiger partial charge in [-0.05, 0) is 37.6 Å². The zero-order chi connectivity index (χ0) is 15.5. The van der Waals surface area contributed by atoms with E-state index in [0.717, 1.165) is 31.6 Å². The molecule has 1 aromatic heterocycles. The summed E-state index contributed by atoms with van der Waals surface area (Å²) >= 11 is 0. The molecule has 0 bridgehead atoms. The number of nitrogens with zero attached hydrogens (tertiary/aromatic N) is 2. The van der Waals surface area contributed by atoms with Gasteiger partial charge < -0.3 is 10.6 Å². The minimum atomic E-state index is -0.514. The molecule has 1 aromatic carbocycles. The highest BCUT2D eigenvalue weighted by atomic mass is 19.1. The number of piperidine rings is 1. The molecule has 0 aliphatic carbocycles. The molecule has 3 rings (SSSR count). The maximum atomic E-state index is 14.3. The molecule has 5 nitrogen and oxygen atoms in total. The second-order valence-corrected chi connectivity index (χ2v) is 5.55. The van der Waals surface area contributed by atoms with Crippen LogP contribution in [0, 0.1) is 5.82 Å². The number of carbonyl (C=O) groups excluding carboxylic acids is 1. The third-order valence-corrected chi connectivity index (χ3v) is 3.96. The largest absolute Gasteiger partial charge is 0.348 e. The Morgan fingerprint density at radius 3 is 2.95 bits per heavy atom. The SMILES string of the molecule is Cn1nccc1-c1ccc(C(=O)NC2CCCNC2)c(F)c1. The lowest BCUT2D eigenvalue weighted by Crippen LogP contribution is -2.45. The van der Waals surface area contributed by atoms with Gasteiger partial charge in [0.25, 0.3) is 5.91 Å². The summed E-state index contributed by atoms with van der Waals surface area (Å²) in [7, 11) is 1.80. The predicted molar refractivity (Wildman–Crippen MR) is 82.0 cm³/mol. The number of aryl methyl sites for hydroxylation is 1. The van der Waals surface area contributed by atoms with Crippen LogP contribution in [0.3, 0.4) is 0 Å². The second-order valence-electron chi connectivity index (χ2n) is 5.55. The Morgan fingerprint density at radius 1 is 1.45 bits per heavy atom. The molecule has 1 fully saturated rings. The first-order valence-electron chi connectivity index (χ1n) is 7.44. The standard InChI is InChI=1S/C16H19FN4O/c1-21-15(6-8-19-21)11-4-5-13(14(17)9-11)16(22)20-12-3-2-7-18-10-12/h4-6,8-9,12,18H,2-3,7,10H2,1H3,(H,20,22). The molecule has 116 valence electrons. The molecule has 0 saturated carbocycles. The molecule has 1 atom stereocenters. The fourth-order valence-corrected chi connectivity index (χ4v) is 2.75. The zero-order valence-corrected chi connectivity index (χ0v) is 12.5. The summed E-state index contributed by atoms with van der Waals surface area (Å²) < 4.78 is 15.9. The number of amides is 1. The topological polar surface area (TPSA) is 59.0 Å². The number of rotatable bonds is 3. The average Bonchev–Trinajstić information content (AvgIpc) is 2.94. The Balaban J connectivity index is 1.77. The number of hydrogen-bond acceptors (Lipinski definition) is 3. The van der Waals surface area contributed by atoms with Crippen molar-refractivity contribution in [2.24, 2.45) is 7.05 Å². The van der Waals surface area contributed by atoms with E-state index in [2.05, 4.69) is 15.7 Å². The Labute approximate surface area is 128 Å². The number of hydrogen-bond donors (Lipinski definition) is 2. The van der Waals surface area contributed by atoms with Gasteiger partial charge in [0.1, 0.15) is 5.82 Å². The van der Waals surface area contributed by atoms with Gasteiger partial charge in [-0.3, -0.25) is 9.48 Å². The Morgan fingerprint density at radius 2 is 2.32 bits per heavy atom. The van der Waals surface area contributed by atoms with Crippen molar-refractivity contribution in [1.29, 1.82) is 0 Å². The molecule has 6 heteroatoms. The first kappa shape index (κ1) is 14.7. The lowest BCUT2D eigenvalue weighted by atomic mass is 10.1. The van der Waals surface area contributed by atoms with Crippen LogP contribution < -0.4 is 10.6 Å². The summed E-state index contributed by atoms with van der Waals surface area (Å²) in [5.41, 5.74) is 1.59. The van der Waals surface area contributed by atoms with Crippen LogP contribution in [-0.4, -0.2) is 34.8 Å². The number of aromatic nitrogens is 2. The molecule has 22 heavy (non-hydrogen) atoms. The summed E-state index contributed by atoms with van der Waals surface area (Å²) in [5, 5.41) is 10.2. The highest BCUT2D eigenvalue weighted by Crippen LogP contribution is 2.21. The van der Waals surface area contributed by atoms with Gasteiger partial charge in [-0.1, -0.05) is 6.07 Å². The lowest BCUT2D eigenvalue weighted by molar-refractivity contribution is 0.0926. The lowest BCUT2D eigenvalue weighted by Gasteiger charge is -2.23. The first-order chi connectivity index (χ1) is 10.6. The second kappa shape index (κ2) is 6.27. The highest BCUT2D eigenvalue weighted by Gasteiger charge is 2.19. The fraction of sp³-hybridized carbons (Fsp3) is 0.375. The van der Waals surface area contributed by atoms with Crippen molar-refractivity contribution < 1.29 is 9.18 Å². The Hall–Kier alpha value is -2.21. The molecular formula is C16H19FN4O. The molecule has 2 N–H and O–H groups in total. The van der Waals surface area contributed by atoms with Crippen LogP contribution in [0.4, 0.5) is 4.39 Å². The molecule has 2 heterocycles. The van der Waals surface area contributed by atoms with E-state index in [-0.39, 0.29) is 17.5 Å². The van der Waals surface area contributed by atoms with Crippen molar-refractivity contribution in [3.8, 4) is 11.3 Å². The van der Waals surface area contributed by atoms with Gasteiger partial charge in [0.05, 0.1) is 11.3 Å². The molecule has 1 amide bonds. The fourth-order valence-electron chi connectivity index (χ4n) is 2.75. The molecule has 1 aliphatic heterocycles. The summed E-state index contributed by atoms with van der Waals surface area (Å²) in [5.74, 6) is -0.872. The third-order valence-electron chi connectivity index (χ3n) is 3.96. The van der Waals surface area contributed by atoms with Gasteiger partial charge in [-0.2, -0.15) is 5.10 Å². The van der Waals surface area contributed by atoms with Gasteiger partial charge in [-0.25, -0.2) is 4.39 Å². The van der Waals surface area contributed by atoms with E-state index in [1.165, 1.54) is 12.1 Å². The molecule has 1 saturated heterocycles. The first-order valence-corrected chi connectivity index (χ1v) is 7.44. The van der Waals surface area contributed by atoms with Crippen LogP contribution >= 0.6 is 0 Å². The Bertz CT molecular complexity index is 677. The number of halogens is 1. The summed E-state index contributed by atoms with van der Waals surface area (Å²) in [6.07, 6.45) is 3.60. The van der Waals surface area contributed by atoms with Gasteiger partial charge in [0.2, 0.25) is 0 Å². The van der Waals surface area contributed by atoms with E-state index >= 15 is 0 Å². The molecule has 1 unspecified atom stereocenters. The zero-order valence-electron chi connectivity index (χ0n) is 12.5. The van der Waals surface area contributed by atoms with Crippen molar-refractivity contribution in [3.05, 3.63) is 41.8 Å². The maximum Gasteiger partial charge on any atom is 0.254 e. The normalized spacial score (nSPS) is 18.2. The average molecular weight is 302 g/mol. The highest BCUT2D eigenvalue weighted by molar-refractivity contribution is 5.95. The van der Waals surface area contributed by atoms with Crippen molar-refractivity contribution in [1.82, 2.24) is 20.4 Å². The molecular weight excluding hydrogens is 283 g/mol. The van der Waals surface area contributed by atoms with Gasteiger partial charge in [-0.15, -0.1) is 0 Å². The van der Waals surface area contributed by atoms with E-state index in [9.17, 15) is 9.18 Å². The van der Waals surface area contributed by atoms with Crippen LogP contribution in [0.2, 0.25) is 0 Å². The van der Waals surface area contributed by atoms with Gasteiger partial charge in [0.15, 0.2) is 0 Å². The van der Waals surface area contributed by atoms with Crippen LogP contribution in [0.5, 0.6) is 0 Å². The number of benzene rings is 1. The molecule has 1 aliphatic rings. The van der Waals surface area contributed by atoms with E-state index in [1.54, 1.807) is 24.0 Å². The van der Waals surface area contributed by atoms with Crippen molar-refractivity contribution in [2.75, 3.05) is 13.1 Å². The van der Waals surface area contributed by atoms with E-state index in [4.69, 9.17) is 0 Å². The van der Waals surface area contributed by atoms with Crippen LogP contribution in [-0.2, 0) is 7.05 Å². The summed E-state index contributed by atoms with van der Waals surface area (Å²) in [6, 6.07) is 6.53. The minimum Gasteiger partial charge on any atom is -0.348 e. The number of nitrogens with one attached hydrogen (secondary N) is 2. The predicted octanol–water partition coefficient (Wildman–Crippen LogP) is 1.71. The Kier molecular flexibility index (Phi) is 4.20. The van der Waals surface area contributed by atoms with Crippen molar-refractivity contribution in [2.45, 2.75) is 18.9 Å². The summed E-state index contributed by atoms with van der Waals surface area (Å²) in [6.45, 7) is 1.71. The maximum absolute atomic E-state index is 14.3. The monoisotopic (exact) mass is 302 g/mol. The van der Waals surface area contributed by atoms with Crippen molar-refractivity contribution in [3.63, 3.8) is 0 Å².